The maximum Gasteiger partial charge on any atom is 0.257 e. The van der Waals surface area contributed by atoms with Gasteiger partial charge in [-0.25, -0.2) is 9.97 Å². The number of para-hydroxylation sites is 2. The number of amides is 3. The van der Waals surface area contributed by atoms with Gasteiger partial charge in [0.25, 0.3) is 11.8 Å². The van der Waals surface area contributed by atoms with Crippen molar-refractivity contribution in [3.8, 4) is 28.3 Å². The molecule has 0 saturated carbocycles. The number of nitrogens with zero attached hydrogens (tertiary/aromatic N) is 2. The van der Waals surface area contributed by atoms with E-state index in [2.05, 4.69) is 55.3 Å². The predicted molar refractivity (Wildman–Crippen MR) is 201 cm³/mol. The number of aromatic amines is 1. The maximum atomic E-state index is 13.7. The molecule has 0 saturated heterocycles. The summed E-state index contributed by atoms with van der Waals surface area (Å²) < 4.78 is 5.45. The van der Waals surface area contributed by atoms with Gasteiger partial charge in [0.1, 0.15) is 11.6 Å². The second kappa shape index (κ2) is 14.2. The third-order valence-corrected chi connectivity index (χ3v) is 8.27. The van der Waals surface area contributed by atoms with Gasteiger partial charge < -0.3 is 36.3 Å². The van der Waals surface area contributed by atoms with E-state index in [1.54, 1.807) is 42.6 Å². The number of aromatic nitrogens is 3. The minimum Gasteiger partial charge on any atom is -0.487 e. The van der Waals surface area contributed by atoms with Crippen molar-refractivity contribution in [2.45, 2.75) is 13.3 Å². The van der Waals surface area contributed by atoms with Crippen molar-refractivity contribution < 1.29 is 19.1 Å². The number of imidazole rings is 1. The van der Waals surface area contributed by atoms with E-state index in [4.69, 9.17) is 9.72 Å². The fourth-order valence-corrected chi connectivity index (χ4v) is 5.78. The Morgan fingerprint density at radius 3 is 2.58 bits per heavy atom. The Morgan fingerprint density at radius 1 is 0.923 bits per heavy atom. The van der Waals surface area contributed by atoms with Gasteiger partial charge in [0.2, 0.25) is 5.91 Å². The van der Waals surface area contributed by atoms with Gasteiger partial charge in [-0.2, -0.15) is 0 Å². The lowest BCUT2D eigenvalue weighted by atomic mass is 10.0. The minimum atomic E-state index is -0.387. The number of carbonyl (C=O) groups excluding carboxylic acids is 3. The molecule has 0 spiro atoms. The molecule has 1 aliphatic rings. The summed E-state index contributed by atoms with van der Waals surface area (Å²) in [6.45, 7) is 5.49. The summed E-state index contributed by atoms with van der Waals surface area (Å²) in [5.41, 5.74) is 6.91. The summed E-state index contributed by atoms with van der Waals surface area (Å²) >= 11 is 0. The van der Waals surface area contributed by atoms with E-state index in [1.807, 2.05) is 55.5 Å². The average Bonchev–Trinajstić information content (AvgIpc) is 3.54. The number of hydrogen-bond donors (Lipinski definition) is 6. The molecule has 3 heterocycles. The van der Waals surface area contributed by atoms with Gasteiger partial charge >= 0.3 is 0 Å². The number of methoxy groups -OCH3 is 1. The van der Waals surface area contributed by atoms with Crippen molar-refractivity contribution in [3.63, 3.8) is 0 Å². The molecule has 52 heavy (non-hydrogen) atoms. The van der Waals surface area contributed by atoms with Crippen molar-refractivity contribution >= 4 is 57.7 Å². The molecule has 0 unspecified atom stereocenters. The smallest absolute Gasteiger partial charge is 0.257 e. The number of carbonyl (C=O) groups is 3. The molecule has 0 atom stereocenters. The highest BCUT2D eigenvalue weighted by molar-refractivity contribution is 6.18. The molecule has 6 aromatic rings. The summed E-state index contributed by atoms with van der Waals surface area (Å²) in [4.78, 5) is 51.5. The van der Waals surface area contributed by atoms with Gasteiger partial charge in [-0.1, -0.05) is 43.8 Å². The average molecular weight is 689 g/mol. The fraction of sp³-hybridized carbons (Fsp3) is 0.0750. The van der Waals surface area contributed by atoms with Crippen molar-refractivity contribution in [2.24, 2.45) is 0 Å². The third kappa shape index (κ3) is 6.74. The van der Waals surface area contributed by atoms with E-state index in [1.165, 1.54) is 13.2 Å². The zero-order chi connectivity index (χ0) is 36.2. The van der Waals surface area contributed by atoms with E-state index >= 15 is 0 Å². The van der Waals surface area contributed by atoms with Crippen LogP contribution in [0.15, 0.2) is 104 Å². The van der Waals surface area contributed by atoms with Crippen LogP contribution in [0.3, 0.4) is 0 Å². The highest BCUT2D eigenvalue weighted by Gasteiger charge is 2.24. The lowest BCUT2D eigenvalue weighted by molar-refractivity contribution is -0.111. The molecule has 12 heteroatoms. The van der Waals surface area contributed by atoms with Gasteiger partial charge in [0.15, 0.2) is 5.75 Å². The fourth-order valence-electron chi connectivity index (χ4n) is 5.78. The number of rotatable bonds is 10. The molecule has 1 aliphatic heterocycles. The Hall–Kier alpha value is -7.39. The Morgan fingerprint density at radius 2 is 1.75 bits per heavy atom. The molecular weight excluding hydrogens is 656 g/mol. The molecule has 256 valence electrons. The molecule has 0 radical (unpaired) electrons. The minimum absolute atomic E-state index is 0.308. The molecular formula is C40H32N8O4. The summed E-state index contributed by atoms with van der Waals surface area (Å²) in [5, 5.41) is 15.1. The summed E-state index contributed by atoms with van der Waals surface area (Å²) in [7, 11) is 1.51. The number of ether oxygens (including phenoxy) is 1. The van der Waals surface area contributed by atoms with Crippen LogP contribution in [0.5, 0.6) is 5.75 Å². The van der Waals surface area contributed by atoms with E-state index in [-0.39, 0.29) is 17.7 Å². The van der Waals surface area contributed by atoms with Crippen molar-refractivity contribution in [2.75, 3.05) is 33.7 Å². The first kappa shape index (κ1) is 33.1. The number of benzene rings is 3. The topological polar surface area (TPSA) is 162 Å². The Balaban J connectivity index is 1.16. The van der Waals surface area contributed by atoms with Crippen LogP contribution in [0.4, 0.5) is 39.9 Å². The number of H-pyrrole nitrogens is 1. The number of aryl methyl sites for hydroxylation is 1. The SMILES string of the molecule is C=CC(=O)Nc1c#cc(OC)c(Nc2cc(-c3[nH]c(CC)nc3-c3cccc(NC(=O)c4cccc5c4NC(=O)c4ccccc4N5)c3)ccn2)c1. The summed E-state index contributed by atoms with van der Waals surface area (Å²) in [6.07, 6.45) is 3.50. The number of hydrogen-bond acceptors (Lipinski definition) is 8. The molecule has 12 nitrogen and oxygen atoms in total. The molecule has 0 aliphatic carbocycles. The monoisotopic (exact) mass is 688 g/mol. The summed E-state index contributed by atoms with van der Waals surface area (Å²) in [5.74, 6) is 0.588. The molecule has 6 N–H and O–H groups in total. The van der Waals surface area contributed by atoms with Crippen LogP contribution in [-0.4, -0.2) is 39.8 Å². The molecule has 0 fully saturated rings. The Labute approximate surface area is 299 Å². The van der Waals surface area contributed by atoms with Crippen molar-refractivity contribution in [1.29, 1.82) is 0 Å². The number of fused-ring (bicyclic) bond motifs is 2. The highest BCUT2D eigenvalue weighted by atomic mass is 16.5. The summed E-state index contributed by atoms with van der Waals surface area (Å²) in [6, 6.07) is 31.0. The Kier molecular flexibility index (Phi) is 9.06. The number of anilines is 7. The molecule has 0 bridgehead atoms. The molecule has 4 aromatic carbocycles. The van der Waals surface area contributed by atoms with Gasteiger partial charge in [-0.05, 0) is 72.8 Å². The van der Waals surface area contributed by atoms with Crippen LogP contribution in [0.25, 0.3) is 22.5 Å². The van der Waals surface area contributed by atoms with Gasteiger partial charge in [0, 0.05) is 29.4 Å². The Bertz CT molecular complexity index is 2370. The van der Waals surface area contributed by atoms with E-state index < -0.39 is 0 Å². The van der Waals surface area contributed by atoms with Crippen LogP contribution < -0.4 is 31.3 Å². The van der Waals surface area contributed by atoms with Crippen LogP contribution in [0, 0.1) is 12.1 Å². The third-order valence-electron chi connectivity index (χ3n) is 8.27. The standard InChI is InChI=1S/C40H32N8O4/c1-4-33-46-36(37(47-33)24-18-19-41-34(21-24)45-31-22-26(42-35(49)5-2)16-17-32(31)52-3)23-10-8-11-25(20-23)43-40(51)28-13-9-15-30-38(28)48-39(50)27-12-6-7-14-29(27)44-30/h5-15,18-22,44H,2,4H2,1,3H3,(H,41,45)(H,42,49)(H,43,51)(H,46,47)(H,48,50). The maximum absolute atomic E-state index is 13.7. The van der Waals surface area contributed by atoms with E-state index in [0.717, 1.165) is 22.6 Å². The van der Waals surface area contributed by atoms with E-state index in [9.17, 15) is 14.4 Å². The first-order valence-electron chi connectivity index (χ1n) is 16.3. The molecule has 2 aromatic heterocycles. The van der Waals surface area contributed by atoms with Crippen LogP contribution in [0.1, 0.15) is 33.5 Å². The van der Waals surface area contributed by atoms with Crippen LogP contribution in [-0.2, 0) is 11.2 Å². The normalized spacial score (nSPS) is 11.4. The second-order valence-electron chi connectivity index (χ2n) is 11.7. The largest absolute Gasteiger partial charge is 0.487 e. The van der Waals surface area contributed by atoms with Crippen molar-refractivity contribution in [1.82, 2.24) is 15.0 Å². The number of nitrogens with one attached hydrogen (secondary N) is 6. The first-order chi connectivity index (χ1) is 25.3. The van der Waals surface area contributed by atoms with Crippen LogP contribution >= 0.6 is 0 Å². The zero-order valence-electron chi connectivity index (χ0n) is 28.2. The molecule has 3 amide bonds. The van der Waals surface area contributed by atoms with Crippen LogP contribution in [0.2, 0.25) is 0 Å². The second-order valence-corrected chi connectivity index (χ2v) is 11.7. The first-order valence-corrected chi connectivity index (χ1v) is 16.3. The highest BCUT2D eigenvalue weighted by Crippen LogP contribution is 2.36. The van der Waals surface area contributed by atoms with Gasteiger partial charge in [-0.3, -0.25) is 14.4 Å². The van der Waals surface area contributed by atoms with Crippen molar-refractivity contribution in [3.05, 3.63) is 133 Å². The molecule has 7 rings (SSSR count). The zero-order valence-corrected chi connectivity index (χ0v) is 28.2. The van der Waals surface area contributed by atoms with E-state index in [0.29, 0.717) is 68.9 Å². The van der Waals surface area contributed by atoms with Gasteiger partial charge in [0.05, 0.1) is 58.1 Å². The predicted octanol–water partition coefficient (Wildman–Crippen LogP) is 7.74. The number of pyridine rings is 1. The quantitative estimate of drug-likeness (QED) is 0.0797. The van der Waals surface area contributed by atoms with Gasteiger partial charge in [-0.15, -0.1) is 0 Å². The lowest BCUT2D eigenvalue weighted by Crippen LogP contribution is -2.17. The lowest BCUT2D eigenvalue weighted by Gasteiger charge is -2.14.